The van der Waals surface area contributed by atoms with E-state index in [0.717, 1.165) is 28.2 Å². The Hall–Kier alpha value is -1.01. The fourth-order valence-electron chi connectivity index (χ4n) is 0.971. The molecule has 0 aliphatic heterocycles. The molecule has 6 heteroatoms. The van der Waals surface area contributed by atoms with Gasteiger partial charge in [0.1, 0.15) is 11.6 Å². The molecule has 0 spiro atoms. The smallest absolute Gasteiger partial charge is 0.170 e. The van der Waals surface area contributed by atoms with E-state index in [0.29, 0.717) is 0 Å². The summed E-state index contributed by atoms with van der Waals surface area (Å²) in [7, 11) is 0. The van der Waals surface area contributed by atoms with Gasteiger partial charge in [-0.3, -0.25) is 0 Å². The van der Waals surface area contributed by atoms with Crippen molar-refractivity contribution >= 4 is 23.3 Å². The summed E-state index contributed by atoms with van der Waals surface area (Å²) in [5.74, 6) is 2.49. The first kappa shape index (κ1) is 10.5. The van der Waals surface area contributed by atoms with Crippen LogP contribution >= 0.6 is 23.3 Å². The van der Waals surface area contributed by atoms with E-state index in [1.165, 1.54) is 11.5 Å². The van der Waals surface area contributed by atoms with Gasteiger partial charge in [-0.1, -0.05) is 18.7 Å². The molecule has 0 saturated heterocycles. The van der Waals surface area contributed by atoms with E-state index in [2.05, 4.69) is 26.2 Å². The molecule has 2 rings (SSSR count). The Kier molecular flexibility index (Phi) is 3.63. The van der Waals surface area contributed by atoms with Crippen molar-refractivity contribution in [2.45, 2.75) is 23.4 Å². The molecule has 0 aliphatic rings. The fraction of sp³-hybridized carbons (Fsp3) is 0.333. The first-order valence-electron chi connectivity index (χ1n) is 4.59. The van der Waals surface area contributed by atoms with Crippen LogP contribution in [0.3, 0.4) is 0 Å². The average molecular weight is 238 g/mol. The second kappa shape index (κ2) is 5.18. The Morgan fingerprint density at radius 3 is 2.73 bits per heavy atom. The largest absolute Gasteiger partial charge is 0.240 e. The number of aromatic nitrogens is 4. The maximum absolute atomic E-state index is 4.36. The molecule has 2 aromatic heterocycles. The summed E-state index contributed by atoms with van der Waals surface area (Å²) in [6, 6.07) is 1.81. The third-order valence-corrected chi connectivity index (χ3v) is 3.58. The van der Waals surface area contributed by atoms with Gasteiger partial charge in [0, 0.05) is 18.8 Å². The molecule has 0 unspecified atom stereocenters. The highest BCUT2D eigenvalue weighted by atomic mass is 32.2. The van der Waals surface area contributed by atoms with Gasteiger partial charge in [0.05, 0.1) is 5.75 Å². The lowest BCUT2D eigenvalue weighted by Crippen LogP contribution is -1.89. The van der Waals surface area contributed by atoms with Gasteiger partial charge in [-0.2, -0.15) is 4.37 Å². The monoisotopic (exact) mass is 238 g/mol. The standard InChI is InChI=1S/C9H10N4S2/c1-2-7-12-9(15-13-7)14-6-8-10-4-3-5-11-8/h3-5H,2,6H2,1H3. The Bertz CT molecular complexity index is 415. The number of hydrogen-bond acceptors (Lipinski definition) is 6. The maximum atomic E-state index is 4.36. The van der Waals surface area contributed by atoms with Crippen molar-refractivity contribution in [3.63, 3.8) is 0 Å². The molecular formula is C9H10N4S2. The second-order valence-electron chi connectivity index (χ2n) is 2.78. The van der Waals surface area contributed by atoms with Crippen LogP contribution in [0.2, 0.25) is 0 Å². The van der Waals surface area contributed by atoms with E-state index < -0.39 is 0 Å². The number of hydrogen-bond donors (Lipinski definition) is 0. The predicted molar refractivity (Wildman–Crippen MR) is 60.9 cm³/mol. The quantitative estimate of drug-likeness (QED) is 0.764. The molecule has 2 aromatic rings. The summed E-state index contributed by atoms with van der Waals surface area (Å²) < 4.78 is 5.20. The SMILES string of the molecule is CCc1nsc(SCc2ncccn2)n1. The summed E-state index contributed by atoms with van der Waals surface area (Å²) >= 11 is 3.07. The van der Waals surface area contributed by atoms with Gasteiger partial charge in [-0.25, -0.2) is 15.0 Å². The minimum atomic E-state index is 0.749. The molecule has 0 atom stereocenters. The fourth-order valence-corrected chi connectivity index (χ4v) is 2.54. The molecule has 0 aromatic carbocycles. The van der Waals surface area contributed by atoms with Crippen LogP contribution in [-0.4, -0.2) is 19.3 Å². The normalized spacial score (nSPS) is 10.5. The zero-order valence-electron chi connectivity index (χ0n) is 8.25. The first-order valence-corrected chi connectivity index (χ1v) is 6.35. The molecule has 0 radical (unpaired) electrons. The first-order chi connectivity index (χ1) is 7.38. The van der Waals surface area contributed by atoms with E-state index in [9.17, 15) is 0 Å². The van der Waals surface area contributed by atoms with Crippen LogP contribution in [0.25, 0.3) is 0 Å². The highest BCUT2D eigenvalue weighted by Crippen LogP contribution is 2.22. The molecule has 15 heavy (non-hydrogen) atoms. The van der Waals surface area contributed by atoms with Crippen LogP contribution < -0.4 is 0 Å². The Balaban J connectivity index is 1.93. The van der Waals surface area contributed by atoms with Crippen molar-refractivity contribution in [1.29, 1.82) is 0 Å². The van der Waals surface area contributed by atoms with Gasteiger partial charge in [-0.05, 0) is 17.6 Å². The van der Waals surface area contributed by atoms with Gasteiger partial charge in [0.2, 0.25) is 0 Å². The van der Waals surface area contributed by atoms with Crippen molar-refractivity contribution in [3.8, 4) is 0 Å². The lowest BCUT2D eigenvalue weighted by molar-refractivity contribution is 0.969. The summed E-state index contributed by atoms with van der Waals surface area (Å²) in [5, 5.41) is 0. The second-order valence-corrected chi connectivity index (χ2v) is 4.76. The number of thioether (sulfide) groups is 1. The molecule has 0 bridgehead atoms. The third kappa shape index (κ3) is 2.97. The number of rotatable bonds is 4. The maximum Gasteiger partial charge on any atom is 0.170 e. The van der Waals surface area contributed by atoms with E-state index in [1.807, 2.05) is 6.07 Å². The molecule has 78 valence electrons. The van der Waals surface area contributed by atoms with Crippen LogP contribution in [0.1, 0.15) is 18.6 Å². The Morgan fingerprint density at radius 2 is 2.07 bits per heavy atom. The Morgan fingerprint density at radius 1 is 1.27 bits per heavy atom. The molecule has 2 heterocycles. The summed E-state index contributed by atoms with van der Waals surface area (Å²) in [4.78, 5) is 12.6. The van der Waals surface area contributed by atoms with Crippen molar-refractivity contribution in [2.24, 2.45) is 0 Å². The minimum Gasteiger partial charge on any atom is -0.240 e. The van der Waals surface area contributed by atoms with Gasteiger partial charge >= 0.3 is 0 Å². The third-order valence-electron chi connectivity index (χ3n) is 1.71. The summed E-state index contributed by atoms with van der Waals surface area (Å²) in [6.45, 7) is 2.05. The minimum absolute atomic E-state index is 0.749. The van der Waals surface area contributed by atoms with Crippen molar-refractivity contribution in [3.05, 3.63) is 30.1 Å². The van der Waals surface area contributed by atoms with Gasteiger partial charge in [0.25, 0.3) is 0 Å². The summed E-state index contributed by atoms with van der Waals surface area (Å²) in [6.07, 6.45) is 4.39. The van der Waals surface area contributed by atoms with Crippen LogP contribution in [-0.2, 0) is 12.2 Å². The van der Waals surface area contributed by atoms with Crippen molar-refractivity contribution in [2.75, 3.05) is 0 Å². The van der Waals surface area contributed by atoms with E-state index in [-0.39, 0.29) is 0 Å². The molecular weight excluding hydrogens is 228 g/mol. The van der Waals surface area contributed by atoms with E-state index in [4.69, 9.17) is 0 Å². The zero-order chi connectivity index (χ0) is 10.5. The lowest BCUT2D eigenvalue weighted by atomic mass is 10.5. The number of aryl methyl sites for hydroxylation is 1. The molecule has 4 nitrogen and oxygen atoms in total. The highest BCUT2D eigenvalue weighted by Gasteiger charge is 2.04. The van der Waals surface area contributed by atoms with Gasteiger partial charge in [-0.15, -0.1) is 0 Å². The molecule has 0 amide bonds. The molecule has 0 saturated carbocycles. The average Bonchev–Trinajstić information content (AvgIpc) is 2.76. The van der Waals surface area contributed by atoms with Crippen LogP contribution in [0.4, 0.5) is 0 Å². The summed E-state index contributed by atoms with van der Waals surface area (Å²) in [5.41, 5.74) is 0. The van der Waals surface area contributed by atoms with E-state index >= 15 is 0 Å². The van der Waals surface area contributed by atoms with Crippen molar-refractivity contribution < 1.29 is 0 Å². The Labute approximate surface area is 96.4 Å². The molecule has 0 aliphatic carbocycles. The van der Waals surface area contributed by atoms with E-state index in [1.54, 1.807) is 24.2 Å². The lowest BCUT2D eigenvalue weighted by Gasteiger charge is -1.94. The van der Waals surface area contributed by atoms with Crippen molar-refractivity contribution in [1.82, 2.24) is 19.3 Å². The molecule has 0 N–H and O–H groups in total. The predicted octanol–water partition coefficient (Wildman–Crippen LogP) is 2.18. The van der Waals surface area contributed by atoms with Crippen LogP contribution in [0.15, 0.2) is 22.8 Å². The topological polar surface area (TPSA) is 51.6 Å². The van der Waals surface area contributed by atoms with Gasteiger partial charge < -0.3 is 0 Å². The highest BCUT2D eigenvalue weighted by molar-refractivity contribution is 8.00. The molecule has 0 fully saturated rings. The van der Waals surface area contributed by atoms with Gasteiger partial charge in [0.15, 0.2) is 4.34 Å². The number of nitrogens with zero attached hydrogens (tertiary/aromatic N) is 4. The zero-order valence-corrected chi connectivity index (χ0v) is 9.88. The van der Waals surface area contributed by atoms with Crippen LogP contribution in [0, 0.1) is 0 Å². The van der Waals surface area contributed by atoms with Crippen LogP contribution in [0.5, 0.6) is 0 Å².